The van der Waals surface area contributed by atoms with Crippen LogP contribution in [0.15, 0.2) is 48.5 Å². The van der Waals surface area contributed by atoms with E-state index in [1.54, 1.807) is 90.1 Å². The number of likely N-dealkylation sites (tertiary alicyclic amines) is 2. The van der Waals surface area contributed by atoms with E-state index < -0.39 is 60.6 Å². The molecule has 2 heterocycles. The molecule has 12 nitrogen and oxygen atoms in total. The predicted molar refractivity (Wildman–Crippen MR) is 179 cm³/mol. The summed E-state index contributed by atoms with van der Waals surface area (Å²) < 4.78 is 21.7. The van der Waals surface area contributed by atoms with Gasteiger partial charge < -0.3 is 18.9 Å². The van der Waals surface area contributed by atoms with Gasteiger partial charge in [0.25, 0.3) is 0 Å². The molecule has 2 saturated heterocycles. The number of hydrogen-bond acceptors (Lipinski definition) is 10. The van der Waals surface area contributed by atoms with Gasteiger partial charge in [0.15, 0.2) is 24.8 Å². The van der Waals surface area contributed by atoms with Crippen molar-refractivity contribution in [2.24, 2.45) is 11.8 Å². The zero-order valence-electron chi connectivity index (χ0n) is 29.3. The van der Waals surface area contributed by atoms with Crippen molar-refractivity contribution in [3.05, 3.63) is 59.7 Å². The van der Waals surface area contributed by atoms with Crippen molar-refractivity contribution in [1.82, 2.24) is 9.80 Å². The smallest absolute Gasteiger partial charge is 0.411 e. The average molecular weight is 689 g/mol. The van der Waals surface area contributed by atoms with Gasteiger partial charge in [0.05, 0.1) is 0 Å². The second kappa shape index (κ2) is 13.2. The molecule has 0 radical (unpaired) electrons. The largest absolute Gasteiger partial charge is 0.456 e. The third-order valence-electron chi connectivity index (χ3n) is 9.40. The highest BCUT2D eigenvalue weighted by Gasteiger charge is 2.58. The highest BCUT2D eigenvalue weighted by Crippen LogP contribution is 2.49. The Labute approximate surface area is 291 Å². The van der Waals surface area contributed by atoms with E-state index in [2.05, 4.69) is 0 Å². The minimum absolute atomic E-state index is 0.0268. The van der Waals surface area contributed by atoms with Gasteiger partial charge in [-0.25, -0.2) is 19.2 Å². The van der Waals surface area contributed by atoms with Gasteiger partial charge in [-0.1, -0.05) is 48.5 Å². The average Bonchev–Trinajstić information content (AvgIpc) is 3.92. The number of ether oxygens (including phenoxy) is 4. The van der Waals surface area contributed by atoms with Crippen LogP contribution in [0.4, 0.5) is 9.59 Å². The monoisotopic (exact) mass is 688 g/mol. The number of ketones is 2. The molecule has 2 unspecified atom stereocenters. The van der Waals surface area contributed by atoms with Crippen LogP contribution in [0.5, 0.6) is 0 Å². The number of Topliss-reactive ketones (excluding diaryl/α,β-unsaturated/α-hetero) is 2. The molecule has 0 N–H and O–H groups in total. The maximum Gasteiger partial charge on any atom is 0.411 e. The normalized spacial score (nSPS) is 24.8. The van der Waals surface area contributed by atoms with Gasteiger partial charge in [0, 0.05) is 23.2 Å². The Morgan fingerprint density at radius 1 is 0.560 bits per heavy atom. The highest BCUT2D eigenvalue weighted by molar-refractivity contribution is 6.00. The Hall–Kier alpha value is -4.74. The molecule has 2 aliphatic carbocycles. The molecule has 2 aromatic rings. The summed E-state index contributed by atoms with van der Waals surface area (Å²) in [5, 5.41) is 0. The first-order valence-electron chi connectivity index (χ1n) is 17.1. The van der Waals surface area contributed by atoms with E-state index >= 15 is 0 Å². The van der Waals surface area contributed by atoms with Gasteiger partial charge in [0.2, 0.25) is 0 Å². The molecule has 6 atom stereocenters. The van der Waals surface area contributed by atoms with Crippen molar-refractivity contribution < 1.29 is 47.7 Å². The molecule has 2 aliphatic heterocycles. The summed E-state index contributed by atoms with van der Waals surface area (Å²) in [6, 6.07) is 12.0. The number of hydrogen-bond donors (Lipinski definition) is 0. The molecule has 266 valence electrons. The number of carbonyl (C=O) groups excluding carboxylic acids is 6. The fourth-order valence-electron chi connectivity index (χ4n) is 6.82. The summed E-state index contributed by atoms with van der Waals surface area (Å²) in [6.45, 7) is 9.71. The van der Waals surface area contributed by atoms with Gasteiger partial charge in [-0.05, 0) is 90.2 Å². The van der Waals surface area contributed by atoms with E-state index in [9.17, 15) is 28.8 Å². The molecule has 0 spiro atoms. The lowest BCUT2D eigenvalue weighted by Gasteiger charge is -2.29. The molecule has 12 heteroatoms. The molecule has 50 heavy (non-hydrogen) atoms. The summed E-state index contributed by atoms with van der Waals surface area (Å²) in [6.07, 6.45) is 1.57. The van der Waals surface area contributed by atoms with Crippen molar-refractivity contribution in [3.63, 3.8) is 0 Å². The van der Waals surface area contributed by atoms with Crippen LogP contribution in [0.25, 0.3) is 11.1 Å². The van der Waals surface area contributed by atoms with Crippen molar-refractivity contribution in [2.45, 2.75) is 103 Å². The molecule has 6 rings (SSSR count). The topological polar surface area (TPSA) is 146 Å². The van der Waals surface area contributed by atoms with Crippen molar-refractivity contribution >= 4 is 35.7 Å². The maximum atomic E-state index is 12.9. The van der Waals surface area contributed by atoms with Crippen LogP contribution in [-0.2, 0) is 28.5 Å². The first kappa shape index (κ1) is 35.1. The van der Waals surface area contributed by atoms with E-state index in [0.29, 0.717) is 24.0 Å². The minimum Gasteiger partial charge on any atom is -0.456 e. The third-order valence-corrected chi connectivity index (χ3v) is 9.40. The predicted octanol–water partition coefficient (Wildman–Crippen LogP) is 5.60. The first-order chi connectivity index (χ1) is 23.5. The molecule has 2 saturated carbocycles. The number of esters is 2. The summed E-state index contributed by atoms with van der Waals surface area (Å²) in [5.74, 6) is -1.49. The number of fused-ring (bicyclic) bond motifs is 2. The van der Waals surface area contributed by atoms with Crippen molar-refractivity contribution in [3.8, 4) is 11.1 Å². The molecule has 2 amide bonds. The summed E-state index contributed by atoms with van der Waals surface area (Å²) in [4.78, 5) is 79.8. The molecule has 0 aromatic heterocycles. The second-order valence-electron chi connectivity index (χ2n) is 15.6. The zero-order valence-corrected chi connectivity index (χ0v) is 29.3. The quantitative estimate of drug-likeness (QED) is 0.185. The summed E-state index contributed by atoms with van der Waals surface area (Å²) in [5.41, 5.74) is 0.924. The molecule has 0 bridgehead atoms. The van der Waals surface area contributed by atoms with E-state index in [4.69, 9.17) is 18.9 Å². The Balaban J connectivity index is 0.979. The summed E-state index contributed by atoms with van der Waals surface area (Å²) in [7, 11) is 0. The van der Waals surface area contributed by atoms with Gasteiger partial charge >= 0.3 is 24.1 Å². The Kier molecular flexibility index (Phi) is 9.26. The van der Waals surface area contributed by atoms with Gasteiger partial charge in [-0.2, -0.15) is 0 Å². The number of piperidine rings is 2. The van der Waals surface area contributed by atoms with Crippen molar-refractivity contribution in [2.75, 3.05) is 13.2 Å². The van der Waals surface area contributed by atoms with Gasteiger partial charge in [0.1, 0.15) is 23.3 Å². The molecule has 2 aromatic carbocycles. The van der Waals surface area contributed by atoms with E-state index in [0.717, 1.165) is 24.0 Å². The number of rotatable bonds is 9. The number of benzene rings is 2. The number of carbonyl (C=O) groups is 6. The van der Waals surface area contributed by atoms with Crippen LogP contribution in [0.1, 0.15) is 87.9 Å². The lowest BCUT2D eigenvalue weighted by Crippen LogP contribution is -2.46. The highest BCUT2D eigenvalue weighted by atomic mass is 16.6. The van der Waals surface area contributed by atoms with Crippen LogP contribution in [0, 0.1) is 11.8 Å². The van der Waals surface area contributed by atoms with Crippen LogP contribution >= 0.6 is 0 Å². The fourth-order valence-corrected chi connectivity index (χ4v) is 6.82. The Bertz CT molecular complexity index is 1560. The van der Waals surface area contributed by atoms with E-state index in [1.807, 2.05) is 0 Å². The molecular weight excluding hydrogens is 644 g/mol. The maximum absolute atomic E-state index is 12.9. The zero-order chi connectivity index (χ0) is 36.1. The van der Waals surface area contributed by atoms with E-state index in [-0.39, 0.29) is 35.5 Å². The number of nitrogens with zero attached hydrogens (tertiary/aromatic N) is 2. The second-order valence-corrected chi connectivity index (χ2v) is 15.6. The number of amides is 2. The first-order valence-corrected chi connectivity index (χ1v) is 17.1. The Morgan fingerprint density at radius 2 is 0.900 bits per heavy atom. The van der Waals surface area contributed by atoms with Crippen molar-refractivity contribution in [1.29, 1.82) is 0 Å². The molecule has 4 fully saturated rings. The SMILES string of the molecule is CC(C)(C)OC(=O)N1C2C[C@@H]2C[C@H]1C(=O)OCC(=O)c1ccc(-c2ccc(C(=O)COC(=O)[C@@H]3C[C@H]4CC4N3C(=O)OC(C)(C)C)cc2)cc1. The summed E-state index contributed by atoms with van der Waals surface area (Å²) >= 11 is 0. The van der Waals surface area contributed by atoms with Crippen LogP contribution < -0.4 is 0 Å². The lowest BCUT2D eigenvalue weighted by atomic mass is 10.0. The van der Waals surface area contributed by atoms with Crippen LogP contribution in [-0.4, -0.2) is 94.1 Å². The standard InChI is InChI=1S/C38H44N2O10/c1-37(2,3)49-35(45)39-27-15-25(27)17-29(39)33(43)47-19-31(41)23-11-7-21(8-12-23)22-9-13-24(14-10-22)32(42)20-48-34(44)30-18-26-16-28(26)40(30)36(46)50-38(4,5)6/h7-14,25-30H,15-20H2,1-6H3/t25-,26-,27?,28?,29+,30+/m1/s1. The van der Waals surface area contributed by atoms with Crippen LogP contribution in [0.2, 0.25) is 0 Å². The van der Waals surface area contributed by atoms with Gasteiger partial charge in [-0.3, -0.25) is 19.4 Å². The fraction of sp³-hybridized carbons (Fsp3) is 0.526. The molecular formula is C38H44N2O10. The lowest BCUT2D eigenvalue weighted by molar-refractivity contribution is -0.148. The van der Waals surface area contributed by atoms with E-state index in [1.165, 1.54) is 9.80 Å². The van der Waals surface area contributed by atoms with Gasteiger partial charge in [-0.15, -0.1) is 0 Å². The van der Waals surface area contributed by atoms with Crippen LogP contribution in [0.3, 0.4) is 0 Å². The Morgan fingerprint density at radius 3 is 1.22 bits per heavy atom. The minimum atomic E-state index is -0.766. The third kappa shape index (κ3) is 7.84. The molecule has 4 aliphatic rings.